The second-order valence-electron chi connectivity index (χ2n) is 3.41. The molecule has 7 heteroatoms. The first-order valence-electron chi connectivity index (χ1n) is 4.98. The van der Waals surface area contributed by atoms with Crippen molar-refractivity contribution in [2.24, 2.45) is 0 Å². The van der Waals surface area contributed by atoms with Crippen molar-refractivity contribution in [2.75, 3.05) is 5.75 Å². The molecule has 1 amide bonds. The Morgan fingerprint density at radius 1 is 1.35 bits per heavy atom. The molecule has 5 nitrogen and oxygen atoms in total. The monoisotopic (exact) mass is 273 g/mol. The quantitative estimate of drug-likeness (QED) is 0.905. The van der Waals surface area contributed by atoms with E-state index in [0.29, 0.717) is 0 Å². The van der Waals surface area contributed by atoms with E-state index in [1.54, 1.807) is 18.2 Å². The van der Waals surface area contributed by atoms with Gasteiger partial charge in [0.2, 0.25) is 0 Å². The topological polar surface area (TPSA) is 72.5 Å². The fourth-order valence-electron chi connectivity index (χ4n) is 1.22. The van der Waals surface area contributed by atoms with E-state index in [9.17, 15) is 13.2 Å². The Morgan fingerprint density at radius 2 is 2.00 bits per heavy atom. The SMILES string of the molecule is O=C(NS(=O)(=O)c1ccccc1)OC1CCS1. The normalized spacial score (nSPS) is 19.2. The second kappa shape index (κ2) is 4.97. The number of carbonyl (C=O) groups is 1. The Labute approximate surface area is 104 Å². The van der Waals surface area contributed by atoms with Crippen LogP contribution < -0.4 is 4.72 Å². The molecule has 0 aliphatic carbocycles. The predicted octanol–water partition coefficient (Wildman–Crippen LogP) is 1.56. The molecule has 17 heavy (non-hydrogen) atoms. The molecule has 1 aliphatic rings. The average Bonchev–Trinajstić information content (AvgIpc) is 2.24. The first-order chi connectivity index (χ1) is 8.08. The zero-order valence-electron chi connectivity index (χ0n) is 8.83. The number of nitrogens with one attached hydrogen (secondary N) is 1. The highest BCUT2D eigenvalue weighted by Gasteiger charge is 2.25. The van der Waals surface area contributed by atoms with E-state index in [4.69, 9.17) is 4.74 Å². The van der Waals surface area contributed by atoms with Crippen LogP contribution in [0.1, 0.15) is 6.42 Å². The van der Waals surface area contributed by atoms with Gasteiger partial charge in [0, 0.05) is 12.2 Å². The molecular weight excluding hydrogens is 262 g/mol. The minimum absolute atomic E-state index is 0.0400. The summed E-state index contributed by atoms with van der Waals surface area (Å²) in [6.07, 6.45) is -0.158. The molecular formula is C10H11NO4S2. The number of rotatable bonds is 3. The van der Waals surface area contributed by atoms with Gasteiger partial charge in [-0.05, 0) is 12.1 Å². The van der Waals surface area contributed by atoms with E-state index < -0.39 is 16.1 Å². The predicted molar refractivity (Wildman–Crippen MR) is 64.1 cm³/mol. The number of carbonyl (C=O) groups excluding carboxylic acids is 1. The zero-order valence-corrected chi connectivity index (χ0v) is 10.5. The molecule has 1 saturated heterocycles. The van der Waals surface area contributed by atoms with Gasteiger partial charge in [0.05, 0.1) is 4.90 Å². The first kappa shape index (κ1) is 12.3. The van der Waals surface area contributed by atoms with Crippen molar-refractivity contribution in [3.8, 4) is 0 Å². The molecule has 0 saturated carbocycles. The number of hydrogen-bond donors (Lipinski definition) is 1. The summed E-state index contributed by atoms with van der Waals surface area (Å²) in [6.45, 7) is 0. The lowest BCUT2D eigenvalue weighted by molar-refractivity contribution is 0.135. The first-order valence-corrected chi connectivity index (χ1v) is 7.51. The standard InChI is InChI=1S/C10H11NO4S2/c12-10(15-9-6-7-16-9)11-17(13,14)8-4-2-1-3-5-8/h1-5,9H,6-7H2,(H,11,12). The molecule has 92 valence electrons. The fourth-order valence-corrected chi connectivity index (χ4v) is 2.70. The maximum absolute atomic E-state index is 11.7. The summed E-state index contributed by atoms with van der Waals surface area (Å²) in [6, 6.07) is 7.69. The Bertz CT molecular complexity index is 496. The van der Waals surface area contributed by atoms with Gasteiger partial charge in [-0.25, -0.2) is 17.9 Å². The van der Waals surface area contributed by atoms with Crippen molar-refractivity contribution >= 4 is 27.9 Å². The third-order valence-corrected chi connectivity index (χ3v) is 4.67. The van der Waals surface area contributed by atoms with Gasteiger partial charge in [-0.1, -0.05) is 18.2 Å². The van der Waals surface area contributed by atoms with Crippen LogP contribution in [0, 0.1) is 0 Å². The summed E-state index contributed by atoms with van der Waals surface area (Å²) in [5, 5.41) is 0. The van der Waals surface area contributed by atoms with Crippen LogP contribution in [0.15, 0.2) is 35.2 Å². The number of ether oxygens (including phenoxy) is 1. The highest BCUT2D eigenvalue weighted by molar-refractivity contribution is 8.01. The van der Waals surface area contributed by atoms with Gasteiger partial charge in [-0.3, -0.25) is 0 Å². The number of amides is 1. The van der Waals surface area contributed by atoms with Crippen LogP contribution in [-0.4, -0.2) is 25.7 Å². The molecule has 1 aromatic rings. The molecule has 1 aliphatic heterocycles. The largest absolute Gasteiger partial charge is 0.434 e. The molecule has 1 atom stereocenters. The number of hydrogen-bond acceptors (Lipinski definition) is 5. The van der Waals surface area contributed by atoms with Gasteiger partial charge in [0.15, 0.2) is 0 Å². The smallest absolute Gasteiger partial charge is 0.422 e. The van der Waals surface area contributed by atoms with Gasteiger partial charge < -0.3 is 4.74 Å². The molecule has 0 spiro atoms. The third-order valence-electron chi connectivity index (χ3n) is 2.17. The average molecular weight is 273 g/mol. The lowest BCUT2D eigenvalue weighted by Crippen LogP contribution is -2.35. The minimum atomic E-state index is -3.82. The highest BCUT2D eigenvalue weighted by Crippen LogP contribution is 2.28. The van der Waals surface area contributed by atoms with Crippen LogP contribution >= 0.6 is 11.8 Å². The summed E-state index contributed by atoms with van der Waals surface area (Å²) < 4.78 is 30.2. The van der Waals surface area contributed by atoms with Crippen molar-refractivity contribution in [3.05, 3.63) is 30.3 Å². The Kier molecular flexibility index (Phi) is 3.58. The van der Waals surface area contributed by atoms with Crippen molar-refractivity contribution in [3.63, 3.8) is 0 Å². The molecule has 1 heterocycles. The summed E-state index contributed by atoms with van der Waals surface area (Å²) in [5.74, 6) is 0.934. The van der Waals surface area contributed by atoms with E-state index in [2.05, 4.69) is 0 Å². The maximum Gasteiger partial charge on any atom is 0.422 e. The van der Waals surface area contributed by atoms with Crippen LogP contribution in [-0.2, 0) is 14.8 Å². The lowest BCUT2D eigenvalue weighted by Gasteiger charge is -2.24. The third kappa shape index (κ3) is 3.13. The van der Waals surface area contributed by atoms with Crippen LogP contribution in [0.3, 0.4) is 0 Å². The maximum atomic E-state index is 11.7. The van der Waals surface area contributed by atoms with Gasteiger partial charge >= 0.3 is 6.09 Å². The second-order valence-corrected chi connectivity index (χ2v) is 6.36. The van der Waals surface area contributed by atoms with Crippen molar-refractivity contribution in [1.82, 2.24) is 4.72 Å². The Hall–Kier alpha value is -1.21. The van der Waals surface area contributed by atoms with Crippen LogP contribution in [0.5, 0.6) is 0 Å². The van der Waals surface area contributed by atoms with E-state index >= 15 is 0 Å². The molecule has 2 rings (SSSR count). The Morgan fingerprint density at radius 3 is 2.53 bits per heavy atom. The van der Waals surface area contributed by atoms with Crippen molar-refractivity contribution < 1.29 is 17.9 Å². The zero-order chi connectivity index (χ0) is 12.3. The molecule has 0 radical (unpaired) electrons. The van der Waals surface area contributed by atoms with Gasteiger partial charge in [0.1, 0.15) is 5.44 Å². The van der Waals surface area contributed by atoms with Crippen molar-refractivity contribution in [2.45, 2.75) is 16.8 Å². The number of sulfonamides is 1. The summed E-state index contributed by atoms with van der Waals surface area (Å²) in [4.78, 5) is 11.3. The minimum Gasteiger partial charge on any atom is -0.434 e. The highest BCUT2D eigenvalue weighted by atomic mass is 32.2. The van der Waals surface area contributed by atoms with Gasteiger partial charge in [-0.15, -0.1) is 11.8 Å². The fraction of sp³-hybridized carbons (Fsp3) is 0.300. The van der Waals surface area contributed by atoms with E-state index in [1.807, 2.05) is 4.72 Å². The van der Waals surface area contributed by atoms with Gasteiger partial charge in [0.25, 0.3) is 10.0 Å². The summed E-state index contributed by atoms with van der Waals surface area (Å²) >= 11 is 1.48. The van der Waals surface area contributed by atoms with E-state index in [1.165, 1.54) is 23.9 Å². The van der Waals surface area contributed by atoms with Crippen LogP contribution in [0.2, 0.25) is 0 Å². The molecule has 1 N–H and O–H groups in total. The van der Waals surface area contributed by atoms with E-state index in [-0.39, 0.29) is 10.3 Å². The summed E-state index contributed by atoms with van der Waals surface area (Å²) in [7, 11) is -3.82. The van der Waals surface area contributed by atoms with Crippen LogP contribution in [0.25, 0.3) is 0 Å². The molecule has 0 bridgehead atoms. The number of benzene rings is 1. The van der Waals surface area contributed by atoms with Crippen LogP contribution in [0.4, 0.5) is 4.79 Å². The molecule has 1 aromatic carbocycles. The Balaban J connectivity index is 1.99. The number of thioether (sulfide) groups is 1. The molecule has 0 aromatic heterocycles. The van der Waals surface area contributed by atoms with Gasteiger partial charge in [-0.2, -0.15) is 0 Å². The summed E-state index contributed by atoms with van der Waals surface area (Å²) in [5.41, 5.74) is -0.221. The van der Waals surface area contributed by atoms with Crippen molar-refractivity contribution in [1.29, 1.82) is 0 Å². The lowest BCUT2D eigenvalue weighted by atomic mass is 10.4. The molecule has 1 fully saturated rings. The van der Waals surface area contributed by atoms with E-state index in [0.717, 1.165) is 12.2 Å². The molecule has 1 unspecified atom stereocenters.